The van der Waals surface area contributed by atoms with E-state index in [2.05, 4.69) is 10.4 Å². The summed E-state index contributed by atoms with van der Waals surface area (Å²) in [6.07, 6.45) is 5.94. The lowest BCUT2D eigenvalue weighted by atomic mass is 9.75. The number of hydrogen-bond donors (Lipinski definition) is 1. The molecule has 2 aromatic rings. The van der Waals surface area contributed by atoms with Gasteiger partial charge in [-0.1, -0.05) is 0 Å². The second-order valence-corrected chi connectivity index (χ2v) is 8.05. The molecule has 1 N–H and O–H groups in total. The van der Waals surface area contributed by atoms with E-state index in [-0.39, 0.29) is 23.3 Å². The molecular weight excluding hydrogens is 336 g/mol. The summed E-state index contributed by atoms with van der Waals surface area (Å²) in [7, 11) is 1.89. The Morgan fingerprint density at radius 2 is 2.16 bits per heavy atom. The minimum atomic E-state index is -0.249. The van der Waals surface area contributed by atoms with Crippen molar-refractivity contribution in [2.24, 2.45) is 7.05 Å². The minimum Gasteiger partial charge on any atom is -0.350 e. The third-order valence-corrected chi connectivity index (χ3v) is 6.58. The van der Waals surface area contributed by atoms with Crippen LogP contribution in [0.15, 0.2) is 23.8 Å². The molecule has 1 spiro atoms. The van der Waals surface area contributed by atoms with Crippen LogP contribution in [0.5, 0.6) is 0 Å². The maximum absolute atomic E-state index is 12.7. The summed E-state index contributed by atoms with van der Waals surface area (Å²) >= 11 is 1.50. The summed E-state index contributed by atoms with van der Waals surface area (Å²) in [4.78, 5) is 27.6. The lowest BCUT2D eigenvalue weighted by Gasteiger charge is -2.42. The van der Waals surface area contributed by atoms with E-state index in [0.29, 0.717) is 19.5 Å². The van der Waals surface area contributed by atoms with Crippen LogP contribution in [-0.4, -0.2) is 45.1 Å². The maximum atomic E-state index is 12.7. The van der Waals surface area contributed by atoms with Crippen LogP contribution in [-0.2, 0) is 11.8 Å². The average Bonchev–Trinajstić information content (AvgIpc) is 3.27. The summed E-state index contributed by atoms with van der Waals surface area (Å²) in [5, 5.41) is 9.45. The van der Waals surface area contributed by atoms with Crippen LogP contribution in [0, 0.1) is 6.92 Å². The van der Waals surface area contributed by atoms with E-state index >= 15 is 0 Å². The van der Waals surface area contributed by atoms with Gasteiger partial charge in [0.15, 0.2) is 0 Å². The Labute approximate surface area is 150 Å². The van der Waals surface area contributed by atoms with Gasteiger partial charge in [-0.3, -0.25) is 14.3 Å². The molecular formula is C18H22N4O2S. The van der Waals surface area contributed by atoms with Gasteiger partial charge in [-0.15, -0.1) is 11.3 Å². The van der Waals surface area contributed by atoms with Crippen molar-refractivity contribution in [3.8, 4) is 0 Å². The van der Waals surface area contributed by atoms with E-state index in [1.54, 1.807) is 4.68 Å². The zero-order valence-corrected chi connectivity index (χ0v) is 15.3. The van der Waals surface area contributed by atoms with E-state index in [4.69, 9.17) is 0 Å². The van der Waals surface area contributed by atoms with Crippen LogP contribution < -0.4 is 5.32 Å². The monoisotopic (exact) mass is 358 g/mol. The lowest BCUT2D eigenvalue weighted by molar-refractivity contribution is -0.120. The Bertz CT molecular complexity index is 817. The highest BCUT2D eigenvalue weighted by molar-refractivity contribution is 7.12. The number of nitrogens with zero attached hydrogens (tertiary/aromatic N) is 3. The van der Waals surface area contributed by atoms with Gasteiger partial charge in [0.1, 0.15) is 0 Å². The summed E-state index contributed by atoms with van der Waals surface area (Å²) in [6, 6.07) is 1.99. The maximum Gasteiger partial charge on any atom is 0.264 e. The Morgan fingerprint density at radius 1 is 1.40 bits per heavy atom. The van der Waals surface area contributed by atoms with Crippen molar-refractivity contribution in [2.75, 3.05) is 13.1 Å². The van der Waals surface area contributed by atoms with Crippen molar-refractivity contribution < 1.29 is 9.59 Å². The fraction of sp³-hybridized carbons (Fsp3) is 0.500. The van der Waals surface area contributed by atoms with E-state index < -0.39 is 0 Å². The van der Waals surface area contributed by atoms with Crippen LogP contribution in [0.3, 0.4) is 0 Å². The second-order valence-electron chi connectivity index (χ2n) is 7.13. The minimum absolute atomic E-state index is 0.0998. The first-order chi connectivity index (χ1) is 12.0. The zero-order valence-electron chi connectivity index (χ0n) is 14.5. The third-order valence-electron chi connectivity index (χ3n) is 5.57. The number of aromatic nitrogens is 2. The summed E-state index contributed by atoms with van der Waals surface area (Å²) < 4.78 is 1.78. The predicted molar refractivity (Wildman–Crippen MR) is 95.6 cm³/mol. The number of piperidine rings is 1. The molecule has 0 bridgehead atoms. The molecule has 6 nitrogen and oxygen atoms in total. The third kappa shape index (κ3) is 2.76. The molecule has 2 aliphatic heterocycles. The molecule has 2 aromatic heterocycles. The van der Waals surface area contributed by atoms with Gasteiger partial charge in [-0.2, -0.15) is 5.10 Å². The average molecular weight is 358 g/mol. The van der Waals surface area contributed by atoms with E-state index in [0.717, 1.165) is 28.8 Å². The topological polar surface area (TPSA) is 67.2 Å². The molecule has 0 saturated carbocycles. The quantitative estimate of drug-likeness (QED) is 0.894. The number of thiophene rings is 1. The molecule has 4 rings (SSSR count). The summed E-state index contributed by atoms with van der Waals surface area (Å²) in [5.74, 6) is 0.349. The number of hydrogen-bond acceptors (Lipinski definition) is 4. The number of rotatable bonds is 2. The number of aryl methyl sites for hydroxylation is 2. The highest BCUT2D eigenvalue weighted by Crippen LogP contribution is 2.43. The number of amides is 2. The number of carbonyl (C=O) groups excluding carboxylic acids is 2. The molecule has 0 radical (unpaired) electrons. The molecule has 4 heterocycles. The van der Waals surface area contributed by atoms with Gasteiger partial charge in [0.25, 0.3) is 5.91 Å². The number of carbonyl (C=O) groups is 2. The first-order valence-corrected chi connectivity index (χ1v) is 9.49. The molecule has 2 saturated heterocycles. The number of nitrogens with one attached hydrogen (secondary N) is 1. The molecule has 7 heteroatoms. The first-order valence-electron chi connectivity index (χ1n) is 8.61. The molecule has 132 valence electrons. The Balaban J connectivity index is 1.52. The van der Waals surface area contributed by atoms with Crippen LogP contribution in [0.25, 0.3) is 0 Å². The SMILES string of the molecule is Cc1ccsc1C(=O)N1CCC2(CC1)NC(=O)C[C@H]2c1cnn(C)c1. The van der Waals surface area contributed by atoms with Gasteiger partial charge in [0.05, 0.1) is 16.6 Å². The van der Waals surface area contributed by atoms with Gasteiger partial charge < -0.3 is 10.2 Å². The van der Waals surface area contributed by atoms with E-state index in [1.165, 1.54) is 11.3 Å². The van der Waals surface area contributed by atoms with E-state index in [9.17, 15) is 9.59 Å². The molecule has 2 amide bonds. The molecule has 25 heavy (non-hydrogen) atoms. The van der Waals surface area contributed by atoms with Crippen LogP contribution in [0.1, 0.15) is 46.0 Å². The molecule has 0 aromatic carbocycles. The van der Waals surface area contributed by atoms with Crippen molar-refractivity contribution in [1.29, 1.82) is 0 Å². The molecule has 1 atom stereocenters. The van der Waals surface area contributed by atoms with Gasteiger partial charge in [0.2, 0.25) is 5.91 Å². The zero-order chi connectivity index (χ0) is 17.6. The largest absolute Gasteiger partial charge is 0.350 e. The molecule has 2 fully saturated rings. The molecule has 2 aliphatic rings. The first kappa shape index (κ1) is 16.3. The standard InChI is InChI=1S/C18H22N4O2S/c1-12-3-8-25-16(12)17(24)22-6-4-18(5-7-22)14(9-15(23)20-18)13-10-19-21(2)11-13/h3,8,10-11,14H,4-7,9H2,1-2H3,(H,20,23)/t14-/m0/s1. The van der Waals surface area contributed by atoms with Gasteiger partial charge in [-0.05, 0) is 42.3 Å². The normalized spacial score (nSPS) is 22.4. The fourth-order valence-corrected chi connectivity index (χ4v) is 5.06. The highest BCUT2D eigenvalue weighted by atomic mass is 32.1. The summed E-state index contributed by atoms with van der Waals surface area (Å²) in [6.45, 7) is 3.32. The van der Waals surface area contributed by atoms with Crippen LogP contribution in [0.2, 0.25) is 0 Å². The van der Waals surface area contributed by atoms with Crippen LogP contribution >= 0.6 is 11.3 Å². The van der Waals surface area contributed by atoms with Gasteiger partial charge in [0, 0.05) is 38.7 Å². The highest BCUT2D eigenvalue weighted by Gasteiger charge is 2.49. The van der Waals surface area contributed by atoms with E-state index in [1.807, 2.05) is 42.7 Å². The van der Waals surface area contributed by atoms with Crippen molar-refractivity contribution >= 4 is 23.2 Å². The molecule has 0 aliphatic carbocycles. The fourth-order valence-electron chi connectivity index (χ4n) is 4.17. The molecule has 0 unspecified atom stereocenters. The van der Waals surface area contributed by atoms with Crippen molar-refractivity contribution in [3.63, 3.8) is 0 Å². The lowest BCUT2D eigenvalue weighted by Crippen LogP contribution is -2.54. The van der Waals surface area contributed by atoms with Crippen LogP contribution in [0.4, 0.5) is 0 Å². The number of likely N-dealkylation sites (tertiary alicyclic amines) is 1. The Morgan fingerprint density at radius 3 is 2.76 bits per heavy atom. The summed E-state index contributed by atoms with van der Waals surface area (Å²) in [5.41, 5.74) is 1.90. The predicted octanol–water partition coefficient (Wildman–Crippen LogP) is 2.07. The van der Waals surface area contributed by atoms with Crippen molar-refractivity contribution in [2.45, 2.75) is 37.6 Å². The smallest absolute Gasteiger partial charge is 0.264 e. The van der Waals surface area contributed by atoms with Gasteiger partial charge >= 0.3 is 0 Å². The van der Waals surface area contributed by atoms with Crippen molar-refractivity contribution in [3.05, 3.63) is 39.8 Å². The Hall–Kier alpha value is -2.15. The van der Waals surface area contributed by atoms with Gasteiger partial charge in [-0.25, -0.2) is 0 Å². The Kier molecular flexibility index (Phi) is 3.91. The second kappa shape index (κ2) is 5.98. The van der Waals surface area contributed by atoms with Crippen molar-refractivity contribution in [1.82, 2.24) is 20.0 Å².